The molecule has 1 unspecified atom stereocenters. The minimum atomic E-state index is -0.692. The van der Waals surface area contributed by atoms with Crippen LogP contribution in [0.1, 0.15) is 39.2 Å². The van der Waals surface area contributed by atoms with Gasteiger partial charge in [-0.15, -0.1) is 0 Å². The van der Waals surface area contributed by atoms with Gasteiger partial charge in [-0.1, -0.05) is 51.1 Å². The summed E-state index contributed by atoms with van der Waals surface area (Å²) in [5.74, 6) is 0.993. The van der Waals surface area contributed by atoms with E-state index in [9.17, 15) is 4.79 Å². The van der Waals surface area contributed by atoms with Gasteiger partial charge in [-0.3, -0.25) is 15.1 Å². The molecule has 1 heterocycles. The van der Waals surface area contributed by atoms with Crippen LogP contribution >= 0.6 is 0 Å². The Hall–Kier alpha value is -1.84. The highest BCUT2D eigenvalue weighted by Crippen LogP contribution is 2.31. The summed E-state index contributed by atoms with van der Waals surface area (Å²) in [4.78, 5) is 16.9. The van der Waals surface area contributed by atoms with E-state index in [0.29, 0.717) is 11.9 Å². The van der Waals surface area contributed by atoms with Crippen molar-refractivity contribution in [2.24, 2.45) is 10.9 Å². The molecule has 1 aliphatic heterocycles. The molecule has 1 aromatic rings. The first-order valence-electron chi connectivity index (χ1n) is 7.28. The van der Waals surface area contributed by atoms with Crippen molar-refractivity contribution in [1.82, 2.24) is 10.6 Å². The first kappa shape index (κ1) is 14.6. The number of carbonyl (C=O) groups excluding carboxylic acids is 1. The van der Waals surface area contributed by atoms with E-state index in [1.807, 2.05) is 30.3 Å². The molecular weight excluding hydrogens is 250 g/mol. The van der Waals surface area contributed by atoms with Crippen LogP contribution in [0.5, 0.6) is 0 Å². The van der Waals surface area contributed by atoms with Crippen molar-refractivity contribution in [3.63, 3.8) is 0 Å². The van der Waals surface area contributed by atoms with Gasteiger partial charge in [0, 0.05) is 6.54 Å². The Kier molecular flexibility index (Phi) is 4.42. The van der Waals surface area contributed by atoms with Crippen molar-refractivity contribution in [3.8, 4) is 0 Å². The quantitative estimate of drug-likeness (QED) is 0.865. The van der Waals surface area contributed by atoms with Crippen LogP contribution in [0.4, 0.5) is 0 Å². The van der Waals surface area contributed by atoms with E-state index in [2.05, 4.69) is 36.4 Å². The number of rotatable bonds is 5. The van der Waals surface area contributed by atoms with Crippen LogP contribution in [0, 0.1) is 5.92 Å². The molecule has 1 saturated heterocycles. The Morgan fingerprint density at radius 2 is 1.95 bits per heavy atom. The number of aliphatic imine (C=N–C) groups is 1. The van der Waals surface area contributed by atoms with Gasteiger partial charge >= 0.3 is 0 Å². The molecule has 0 aromatic heterocycles. The van der Waals surface area contributed by atoms with Crippen LogP contribution in [0.3, 0.4) is 0 Å². The van der Waals surface area contributed by atoms with Gasteiger partial charge in [-0.25, -0.2) is 0 Å². The van der Waals surface area contributed by atoms with Crippen molar-refractivity contribution >= 4 is 11.9 Å². The largest absolute Gasteiger partial charge is 0.338 e. The second-order valence-corrected chi connectivity index (χ2v) is 5.68. The minimum absolute atomic E-state index is 0.00717. The molecule has 20 heavy (non-hydrogen) atoms. The SMILES string of the molecule is CCCN=C1NC(=O)C(CC(C)C)(c2ccccc2)N1. The highest BCUT2D eigenvalue weighted by atomic mass is 16.2. The summed E-state index contributed by atoms with van der Waals surface area (Å²) in [5.41, 5.74) is 0.301. The standard InChI is InChI=1S/C16H23N3O/c1-4-10-17-15-18-14(20)16(19-15,11-12(2)3)13-8-6-5-7-9-13/h5-9,12H,4,10-11H2,1-3H3,(H2,17,18,19,20). The zero-order valence-corrected chi connectivity index (χ0v) is 12.4. The molecule has 4 nitrogen and oxygen atoms in total. The lowest BCUT2D eigenvalue weighted by Crippen LogP contribution is -2.45. The second-order valence-electron chi connectivity index (χ2n) is 5.68. The van der Waals surface area contributed by atoms with Gasteiger partial charge in [0.2, 0.25) is 0 Å². The number of hydrogen-bond acceptors (Lipinski definition) is 2. The molecule has 1 aromatic carbocycles. The first-order valence-corrected chi connectivity index (χ1v) is 7.28. The third kappa shape index (κ3) is 2.84. The van der Waals surface area contributed by atoms with Gasteiger partial charge in [0.1, 0.15) is 5.54 Å². The smallest absolute Gasteiger partial charge is 0.257 e. The van der Waals surface area contributed by atoms with Gasteiger partial charge in [-0.2, -0.15) is 0 Å². The second kappa shape index (κ2) is 6.07. The molecular formula is C16H23N3O. The van der Waals surface area contributed by atoms with Crippen LogP contribution in [0.2, 0.25) is 0 Å². The molecule has 4 heteroatoms. The fourth-order valence-corrected chi connectivity index (χ4v) is 2.61. The van der Waals surface area contributed by atoms with Gasteiger partial charge in [-0.05, 0) is 24.3 Å². The van der Waals surface area contributed by atoms with Crippen molar-refractivity contribution in [2.75, 3.05) is 6.54 Å². The normalized spacial score (nSPS) is 24.0. The van der Waals surface area contributed by atoms with Crippen molar-refractivity contribution in [1.29, 1.82) is 0 Å². The summed E-state index contributed by atoms with van der Waals surface area (Å²) < 4.78 is 0. The predicted octanol–water partition coefficient (Wildman–Crippen LogP) is 2.41. The highest BCUT2D eigenvalue weighted by molar-refractivity contribution is 6.09. The Labute approximate surface area is 120 Å². The maximum absolute atomic E-state index is 12.6. The van der Waals surface area contributed by atoms with Gasteiger partial charge in [0.25, 0.3) is 5.91 Å². The highest BCUT2D eigenvalue weighted by Gasteiger charge is 2.46. The summed E-state index contributed by atoms with van der Waals surface area (Å²) in [7, 11) is 0. The summed E-state index contributed by atoms with van der Waals surface area (Å²) in [5, 5.41) is 6.21. The molecule has 0 saturated carbocycles. The average molecular weight is 273 g/mol. The predicted molar refractivity (Wildman–Crippen MR) is 81.4 cm³/mol. The number of guanidine groups is 1. The van der Waals surface area contributed by atoms with Crippen LogP contribution in [-0.4, -0.2) is 18.4 Å². The van der Waals surface area contributed by atoms with E-state index in [-0.39, 0.29) is 5.91 Å². The van der Waals surface area contributed by atoms with Crippen molar-refractivity contribution < 1.29 is 4.79 Å². The third-order valence-electron chi connectivity index (χ3n) is 3.43. The number of nitrogens with zero attached hydrogens (tertiary/aromatic N) is 1. The molecule has 0 spiro atoms. The number of amides is 1. The molecule has 2 N–H and O–H groups in total. The van der Waals surface area contributed by atoms with Crippen LogP contribution in [-0.2, 0) is 10.3 Å². The fraction of sp³-hybridized carbons (Fsp3) is 0.500. The summed E-state index contributed by atoms with van der Waals surface area (Å²) in [6.45, 7) is 7.04. The summed E-state index contributed by atoms with van der Waals surface area (Å²) in [6.07, 6.45) is 1.71. The topological polar surface area (TPSA) is 53.5 Å². The van der Waals surface area contributed by atoms with E-state index in [1.54, 1.807) is 0 Å². The monoisotopic (exact) mass is 273 g/mol. The lowest BCUT2D eigenvalue weighted by molar-refractivity contribution is -0.124. The number of hydrogen-bond donors (Lipinski definition) is 2. The Bertz CT molecular complexity index is 496. The fourth-order valence-electron chi connectivity index (χ4n) is 2.61. The maximum Gasteiger partial charge on any atom is 0.257 e. The van der Waals surface area contributed by atoms with E-state index in [4.69, 9.17) is 0 Å². The third-order valence-corrected chi connectivity index (χ3v) is 3.43. The number of carbonyl (C=O) groups is 1. The molecule has 1 aliphatic rings. The first-order chi connectivity index (χ1) is 9.58. The lowest BCUT2D eigenvalue weighted by atomic mass is 9.82. The van der Waals surface area contributed by atoms with Crippen LogP contribution in [0.15, 0.2) is 35.3 Å². The molecule has 0 bridgehead atoms. The average Bonchev–Trinajstić information content (AvgIpc) is 2.74. The Balaban J connectivity index is 2.36. The van der Waals surface area contributed by atoms with E-state index >= 15 is 0 Å². The summed E-state index contributed by atoms with van der Waals surface area (Å²) >= 11 is 0. The molecule has 2 rings (SSSR count). The van der Waals surface area contributed by atoms with Gasteiger partial charge < -0.3 is 5.32 Å². The molecule has 1 fully saturated rings. The zero-order valence-electron chi connectivity index (χ0n) is 12.4. The molecule has 1 atom stereocenters. The van der Waals surface area contributed by atoms with Gasteiger partial charge in [0.15, 0.2) is 5.96 Å². The van der Waals surface area contributed by atoms with Crippen molar-refractivity contribution in [2.45, 2.75) is 39.2 Å². The number of nitrogens with one attached hydrogen (secondary N) is 2. The van der Waals surface area contributed by atoms with Crippen LogP contribution in [0.25, 0.3) is 0 Å². The molecule has 1 amide bonds. The lowest BCUT2D eigenvalue weighted by Gasteiger charge is -2.28. The molecule has 108 valence electrons. The van der Waals surface area contributed by atoms with E-state index in [0.717, 1.165) is 24.9 Å². The van der Waals surface area contributed by atoms with Gasteiger partial charge in [0.05, 0.1) is 0 Å². The van der Waals surface area contributed by atoms with E-state index < -0.39 is 5.54 Å². The zero-order chi connectivity index (χ0) is 14.6. The van der Waals surface area contributed by atoms with E-state index in [1.165, 1.54) is 0 Å². The summed E-state index contributed by atoms with van der Waals surface area (Å²) in [6, 6.07) is 9.89. The maximum atomic E-state index is 12.6. The minimum Gasteiger partial charge on any atom is -0.338 e. The Morgan fingerprint density at radius 3 is 2.55 bits per heavy atom. The van der Waals surface area contributed by atoms with Crippen molar-refractivity contribution in [3.05, 3.63) is 35.9 Å². The molecule has 0 aliphatic carbocycles. The van der Waals surface area contributed by atoms with Crippen LogP contribution < -0.4 is 10.6 Å². The molecule has 0 radical (unpaired) electrons. The Morgan fingerprint density at radius 1 is 1.25 bits per heavy atom. The number of benzene rings is 1.